The van der Waals surface area contributed by atoms with Crippen molar-refractivity contribution in [2.45, 2.75) is 82.5 Å². The Bertz CT molecular complexity index is 1240. The normalized spacial score (nSPS) is 15.6. The highest BCUT2D eigenvalue weighted by Crippen LogP contribution is 2.25. The van der Waals surface area contributed by atoms with E-state index in [9.17, 15) is 19.2 Å². The number of nitrogens with zero attached hydrogens (tertiary/aromatic N) is 5. The third-order valence-corrected chi connectivity index (χ3v) is 6.98. The minimum absolute atomic E-state index is 0.0296. The van der Waals surface area contributed by atoms with Gasteiger partial charge < -0.3 is 33.6 Å². The number of aliphatic imine (C=N–C) groups is 1. The first-order chi connectivity index (χ1) is 20.1. The van der Waals surface area contributed by atoms with Crippen molar-refractivity contribution in [3.05, 3.63) is 42.1 Å². The minimum atomic E-state index is -1.14. The SMILES string of the molecule is C[C@H](N)C(=O)N[C@@H](CCCN=C(N)N)C(=O)N[C@@H](Cc1ccccc1)C(=O)N(C(=O)n1cc(N)nn1)C1CCCCC1. The summed E-state index contributed by atoms with van der Waals surface area (Å²) in [5.41, 5.74) is 23.0. The Morgan fingerprint density at radius 2 is 1.71 bits per heavy atom. The number of carbonyl (C=O) groups is 4. The molecule has 10 N–H and O–H groups in total. The number of anilines is 1. The van der Waals surface area contributed by atoms with Gasteiger partial charge in [-0.2, -0.15) is 4.68 Å². The zero-order chi connectivity index (χ0) is 30.6. The molecule has 4 amide bonds. The molecule has 3 atom stereocenters. The van der Waals surface area contributed by atoms with Gasteiger partial charge in [0, 0.05) is 19.0 Å². The predicted octanol–water partition coefficient (Wildman–Crippen LogP) is -0.397. The molecule has 15 heteroatoms. The average molecular weight is 584 g/mol. The second-order valence-corrected chi connectivity index (χ2v) is 10.4. The van der Waals surface area contributed by atoms with Gasteiger partial charge >= 0.3 is 6.03 Å². The summed E-state index contributed by atoms with van der Waals surface area (Å²) in [5, 5.41) is 12.9. The Kier molecular flexibility index (Phi) is 11.8. The molecule has 1 saturated carbocycles. The molecule has 1 heterocycles. The molecule has 0 bridgehead atoms. The summed E-state index contributed by atoms with van der Waals surface area (Å²) in [4.78, 5) is 59.0. The van der Waals surface area contributed by atoms with Gasteiger partial charge in [-0.05, 0) is 38.2 Å². The number of hydrogen-bond donors (Lipinski definition) is 6. The van der Waals surface area contributed by atoms with E-state index in [1.54, 1.807) is 0 Å². The molecule has 0 saturated heterocycles. The molecule has 42 heavy (non-hydrogen) atoms. The van der Waals surface area contributed by atoms with Crippen LogP contribution < -0.4 is 33.6 Å². The maximum absolute atomic E-state index is 14.2. The maximum Gasteiger partial charge on any atom is 0.353 e. The highest BCUT2D eigenvalue weighted by atomic mass is 16.2. The number of aromatic nitrogens is 3. The third kappa shape index (κ3) is 9.26. The van der Waals surface area contributed by atoms with Crippen LogP contribution in [0.15, 0.2) is 41.5 Å². The van der Waals surface area contributed by atoms with Crippen molar-refractivity contribution in [3.63, 3.8) is 0 Å². The second kappa shape index (κ2) is 15.5. The van der Waals surface area contributed by atoms with Crippen LogP contribution >= 0.6 is 0 Å². The van der Waals surface area contributed by atoms with E-state index < -0.39 is 47.9 Å². The molecular weight excluding hydrogens is 542 g/mol. The molecule has 1 aromatic heterocycles. The maximum atomic E-state index is 14.2. The van der Waals surface area contributed by atoms with Gasteiger partial charge in [-0.3, -0.25) is 24.3 Å². The first-order valence-electron chi connectivity index (χ1n) is 14.1. The molecule has 1 fully saturated rings. The number of nitrogens with one attached hydrogen (secondary N) is 2. The zero-order valence-electron chi connectivity index (χ0n) is 23.8. The fourth-order valence-corrected chi connectivity index (χ4v) is 4.82. The number of nitrogen functional groups attached to an aromatic ring is 1. The van der Waals surface area contributed by atoms with Gasteiger partial charge in [0.2, 0.25) is 11.8 Å². The summed E-state index contributed by atoms with van der Waals surface area (Å²) in [6, 6.07) is 4.97. The lowest BCUT2D eigenvalue weighted by Gasteiger charge is -2.35. The van der Waals surface area contributed by atoms with Crippen LogP contribution in [0.25, 0.3) is 0 Å². The molecule has 1 aliphatic carbocycles. The van der Waals surface area contributed by atoms with E-state index in [1.165, 1.54) is 13.1 Å². The molecule has 1 aromatic carbocycles. The van der Waals surface area contributed by atoms with Crippen molar-refractivity contribution in [3.8, 4) is 0 Å². The van der Waals surface area contributed by atoms with Gasteiger partial charge in [0.25, 0.3) is 5.91 Å². The number of imide groups is 1. The van der Waals surface area contributed by atoms with Gasteiger partial charge in [-0.25, -0.2) is 4.79 Å². The fraction of sp³-hybridized carbons (Fsp3) is 0.519. The Morgan fingerprint density at radius 1 is 1.05 bits per heavy atom. The van der Waals surface area contributed by atoms with Crippen molar-refractivity contribution < 1.29 is 19.2 Å². The van der Waals surface area contributed by atoms with Gasteiger partial charge in [0.1, 0.15) is 12.1 Å². The highest BCUT2D eigenvalue weighted by Gasteiger charge is 2.38. The predicted molar refractivity (Wildman–Crippen MR) is 157 cm³/mol. The first-order valence-corrected chi connectivity index (χ1v) is 14.1. The minimum Gasteiger partial charge on any atom is -0.381 e. The van der Waals surface area contributed by atoms with E-state index in [2.05, 4.69) is 25.9 Å². The van der Waals surface area contributed by atoms with E-state index >= 15 is 0 Å². The Hall–Kier alpha value is -4.53. The Morgan fingerprint density at radius 3 is 2.31 bits per heavy atom. The van der Waals surface area contributed by atoms with Gasteiger partial charge in [-0.1, -0.05) is 54.8 Å². The monoisotopic (exact) mass is 583 g/mol. The van der Waals surface area contributed by atoms with Crippen LogP contribution in [0.3, 0.4) is 0 Å². The standard InChI is InChI=1S/C27H41N11O4/c1-17(28)23(39)33-20(13-8-14-32-26(30)31)24(40)34-21(15-18-9-4-2-5-10-18)25(41)38(19-11-6-3-7-12-19)27(42)37-16-22(29)35-36-37/h2,4-5,9-10,16-17,19-21H,3,6-8,11-15,28-29H2,1H3,(H,33,39)(H,34,40)(H4,30,31,32)/t17-,20-,21-/m0/s1. The molecule has 0 aliphatic heterocycles. The molecule has 228 valence electrons. The number of hydrogen-bond acceptors (Lipinski definition) is 9. The summed E-state index contributed by atoms with van der Waals surface area (Å²) in [7, 11) is 0. The van der Waals surface area contributed by atoms with Crippen LogP contribution in [-0.2, 0) is 20.8 Å². The average Bonchev–Trinajstić information content (AvgIpc) is 3.41. The number of guanidine groups is 1. The quantitative estimate of drug-likeness (QED) is 0.107. The first kappa shape index (κ1) is 32.0. The summed E-state index contributed by atoms with van der Waals surface area (Å²) < 4.78 is 0.929. The van der Waals surface area contributed by atoms with Crippen LogP contribution in [0.4, 0.5) is 10.6 Å². The van der Waals surface area contributed by atoms with E-state index in [0.717, 1.165) is 34.4 Å². The number of rotatable bonds is 12. The van der Waals surface area contributed by atoms with Crippen LogP contribution in [-0.4, -0.2) is 80.3 Å². The topological polar surface area (TPSA) is 243 Å². The Balaban J connectivity index is 1.92. The molecule has 3 rings (SSSR count). The van der Waals surface area contributed by atoms with Crippen molar-refractivity contribution >= 4 is 35.5 Å². The summed E-state index contributed by atoms with van der Waals surface area (Å²) in [6.07, 6.45) is 5.81. The van der Waals surface area contributed by atoms with E-state index in [0.29, 0.717) is 19.3 Å². The zero-order valence-corrected chi connectivity index (χ0v) is 23.8. The number of carbonyl (C=O) groups excluding carboxylic acids is 4. The molecule has 2 aromatic rings. The number of benzene rings is 1. The third-order valence-electron chi connectivity index (χ3n) is 6.98. The van der Waals surface area contributed by atoms with E-state index in [4.69, 9.17) is 22.9 Å². The Labute approximate surface area is 244 Å². The van der Waals surface area contributed by atoms with Crippen molar-refractivity contribution in [1.82, 2.24) is 30.5 Å². The summed E-state index contributed by atoms with van der Waals surface area (Å²) in [5.74, 6) is -1.81. The lowest BCUT2D eigenvalue weighted by Crippen LogP contribution is -2.59. The fourth-order valence-electron chi connectivity index (χ4n) is 4.82. The van der Waals surface area contributed by atoms with Crippen molar-refractivity contribution in [1.29, 1.82) is 0 Å². The lowest BCUT2D eigenvalue weighted by molar-refractivity contribution is -0.137. The largest absolute Gasteiger partial charge is 0.381 e. The van der Waals surface area contributed by atoms with E-state index in [1.807, 2.05) is 30.3 Å². The second-order valence-electron chi connectivity index (χ2n) is 10.4. The van der Waals surface area contributed by atoms with Crippen LogP contribution in [0.5, 0.6) is 0 Å². The molecule has 0 unspecified atom stereocenters. The molecule has 1 aliphatic rings. The molecule has 0 radical (unpaired) electrons. The molecule has 15 nitrogen and oxygen atoms in total. The van der Waals surface area contributed by atoms with Crippen LogP contribution in [0.1, 0.15) is 57.4 Å². The van der Waals surface area contributed by atoms with Crippen molar-refractivity contribution in [2.24, 2.45) is 22.2 Å². The lowest BCUT2D eigenvalue weighted by atomic mass is 9.93. The van der Waals surface area contributed by atoms with Crippen molar-refractivity contribution in [2.75, 3.05) is 12.3 Å². The van der Waals surface area contributed by atoms with Gasteiger partial charge in [0.15, 0.2) is 11.8 Å². The van der Waals surface area contributed by atoms with Crippen LogP contribution in [0.2, 0.25) is 0 Å². The van der Waals surface area contributed by atoms with Crippen LogP contribution in [0, 0.1) is 0 Å². The van der Waals surface area contributed by atoms with Gasteiger partial charge in [-0.15, -0.1) is 5.10 Å². The number of amides is 4. The summed E-state index contributed by atoms with van der Waals surface area (Å²) >= 11 is 0. The highest BCUT2D eigenvalue weighted by molar-refractivity contribution is 6.00. The summed E-state index contributed by atoms with van der Waals surface area (Å²) in [6.45, 7) is 1.73. The number of nitrogens with two attached hydrogens (primary N) is 4. The molecule has 0 spiro atoms. The van der Waals surface area contributed by atoms with E-state index in [-0.39, 0.29) is 31.2 Å². The van der Waals surface area contributed by atoms with Gasteiger partial charge in [0.05, 0.1) is 12.2 Å². The molecular formula is C27H41N11O4. The smallest absolute Gasteiger partial charge is 0.353 e.